The van der Waals surface area contributed by atoms with Crippen LogP contribution < -0.4 is 10.6 Å². The Morgan fingerprint density at radius 2 is 2.06 bits per heavy atom. The molecular formula is C13H27ClN2O2. The molecule has 1 rings (SSSR count). The number of hydrogen-bond acceptors (Lipinski definition) is 3. The van der Waals surface area contributed by atoms with Gasteiger partial charge in [0.15, 0.2) is 0 Å². The van der Waals surface area contributed by atoms with Crippen LogP contribution in [0, 0.1) is 5.92 Å². The molecule has 4 nitrogen and oxygen atoms in total. The highest BCUT2D eigenvalue weighted by Crippen LogP contribution is 2.27. The molecule has 1 aliphatic carbocycles. The predicted molar refractivity (Wildman–Crippen MR) is 76.2 cm³/mol. The highest BCUT2D eigenvalue weighted by Gasteiger charge is 2.22. The maximum absolute atomic E-state index is 11.6. The van der Waals surface area contributed by atoms with E-state index in [4.69, 9.17) is 4.74 Å². The lowest BCUT2D eigenvalue weighted by atomic mass is 10.00. The molecule has 0 aromatic carbocycles. The largest absolute Gasteiger partial charge is 0.379 e. The summed E-state index contributed by atoms with van der Waals surface area (Å²) in [7, 11) is 1.70. The first kappa shape index (κ1) is 17.7. The fourth-order valence-electron chi connectivity index (χ4n) is 1.91. The number of carbonyl (C=O) groups is 1. The zero-order chi connectivity index (χ0) is 12.9. The minimum absolute atomic E-state index is 0. The van der Waals surface area contributed by atoms with Crippen LogP contribution in [0.2, 0.25) is 0 Å². The van der Waals surface area contributed by atoms with Gasteiger partial charge in [0.2, 0.25) is 5.91 Å². The van der Waals surface area contributed by atoms with Crippen molar-refractivity contribution in [2.45, 2.75) is 51.7 Å². The molecule has 1 saturated carbocycles. The van der Waals surface area contributed by atoms with Gasteiger partial charge in [-0.3, -0.25) is 4.79 Å². The predicted octanol–water partition coefficient (Wildman–Crippen LogP) is 1.73. The third kappa shape index (κ3) is 7.90. The molecule has 0 aromatic rings. The molecule has 1 aliphatic rings. The summed E-state index contributed by atoms with van der Waals surface area (Å²) in [5.74, 6) is 0.887. The van der Waals surface area contributed by atoms with Crippen molar-refractivity contribution in [1.82, 2.24) is 10.6 Å². The van der Waals surface area contributed by atoms with Crippen LogP contribution >= 0.6 is 12.4 Å². The summed E-state index contributed by atoms with van der Waals surface area (Å²) < 4.78 is 5.34. The summed E-state index contributed by atoms with van der Waals surface area (Å²) in [4.78, 5) is 11.6. The summed E-state index contributed by atoms with van der Waals surface area (Å²) in [5, 5.41) is 6.17. The number of hydrogen-bond donors (Lipinski definition) is 2. The van der Waals surface area contributed by atoms with E-state index in [1.54, 1.807) is 7.11 Å². The van der Waals surface area contributed by atoms with Crippen LogP contribution in [0.5, 0.6) is 0 Å². The Morgan fingerprint density at radius 3 is 2.56 bits per heavy atom. The molecule has 0 heterocycles. The summed E-state index contributed by atoms with van der Waals surface area (Å²) in [6, 6.07) is 0.139. The van der Waals surface area contributed by atoms with Gasteiger partial charge < -0.3 is 15.4 Å². The molecule has 0 aromatic heterocycles. The van der Waals surface area contributed by atoms with E-state index < -0.39 is 0 Å². The molecule has 1 atom stereocenters. The average Bonchev–Trinajstić information content (AvgIpc) is 3.00. The highest BCUT2D eigenvalue weighted by atomic mass is 35.5. The van der Waals surface area contributed by atoms with E-state index in [1.807, 2.05) is 20.8 Å². The van der Waals surface area contributed by atoms with Crippen molar-refractivity contribution in [3.05, 3.63) is 0 Å². The first-order chi connectivity index (χ1) is 7.93. The lowest BCUT2D eigenvalue weighted by molar-refractivity contribution is -0.121. The topological polar surface area (TPSA) is 50.4 Å². The number of carbonyl (C=O) groups excluding carboxylic acids is 1. The summed E-state index contributed by atoms with van der Waals surface area (Å²) in [5.41, 5.74) is -0.186. The summed E-state index contributed by atoms with van der Waals surface area (Å²) in [6.07, 6.45) is 3.44. The fraction of sp³-hybridized carbons (Fsp3) is 0.923. The minimum Gasteiger partial charge on any atom is -0.379 e. The number of halogens is 1. The Balaban J connectivity index is 0.00000289. The number of ether oxygens (including phenoxy) is 1. The Morgan fingerprint density at radius 1 is 1.44 bits per heavy atom. The smallest absolute Gasteiger partial charge is 0.234 e. The van der Waals surface area contributed by atoms with Crippen molar-refractivity contribution >= 4 is 18.3 Å². The van der Waals surface area contributed by atoms with Crippen molar-refractivity contribution in [3.8, 4) is 0 Å². The summed E-state index contributed by atoms with van der Waals surface area (Å²) >= 11 is 0. The first-order valence-corrected chi connectivity index (χ1v) is 6.48. The molecule has 0 bridgehead atoms. The van der Waals surface area contributed by atoms with Crippen molar-refractivity contribution in [1.29, 1.82) is 0 Å². The minimum atomic E-state index is -0.186. The second-order valence-electron chi connectivity index (χ2n) is 5.71. The van der Waals surface area contributed by atoms with Gasteiger partial charge >= 0.3 is 0 Å². The Kier molecular flexibility index (Phi) is 7.83. The van der Waals surface area contributed by atoms with E-state index in [0.29, 0.717) is 6.54 Å². The van der Waals surface area contributed by atoms with E-state index in [0.717, 1.165) is 18.9 Å². The Bertz CT molecular complexity index is 255. The molecule has 1 unspecified atom stereocenters. The SMILES string of the molecule is COC(C)(C)CC(C)NC(=O)CNCC1CC1.Cl. The van der Waals surface area contributed by atoms with E-state index in [-0.39, 0.29) is 30.0 Å². The van der Waals surface area contributed by atoms with Crippen LogP contribution in [0.3, 0.4) is 0 Å². The van der Waals surface area contributed by atoms with Crippen molar-refractivity contribution in [2.24, 2.45) is 5.92 Å². The van der Waals surface area contributed by atoms with Crippen LogP contribution in [0.4, 0.5) is 0 Å². The maximum Gasteiger partial charge on any atom is 0.234 e. The van der Waals surface area contributed by atoms with Gasteiger partial charge in [-0.05, 0) is 52.5 Å². The van der Waals surface area contributed by atoms with Gasteiger partial charge in [-0.15, -0.1) is 12.4 Å². The lowest BCUT2D eigenvalue weighted by Crippen LogP contribution is -2.42. The first-order valence-electron chi connectivity index (χ1n) is 6.48. The van der Waals surface area contributed by atoms with E-state index >= 15 is 0 Å². The van der Waals surface area contributed by atoms with Gasteiger partial charge in [-0.1, -0.05) is 0 Å². The zero-order valence-electron chi connectivity index (χ0n) is 11.9. The quantitative estimate of drug-likeness (QED) is 0.711. The molecule has 1 amide bonds. The van der Waals surface area contributed by atoms with Gasteiger partial charge in [0.05, 0.1) is 12.1 Å². The maximum atomic E-state index is 11.6. The van der Waals surface area contributed by atoms with Crippen molar-refractivity contribution < 1.29 is 9.53 Å². The van der Waals surface area contributed by atoms with Gasteiger partial charge in [-0.25, -0.2) is 0 Å². The van der Waals surface area contributed by atoms with Crippen molar-refractivity contribution in [3.63, 3.8) is 0 Å². The summed E-state index contributed by atoms with van der Waals surface area (Å²) in [6.45, 7) is 7.47. The second kappa shape index (κ2) is 7.97. The molecule has 5 heteroatoms. The number of methoxy groups -OCH3 is 1. The van der Waals surface area contributed by atoms with E-state index in [9.17, 15) is 4.79 Å². The second-order valence-corrected chi connectivity index (χ2v) is 5.71. The van der Waals surface area contributed by atoms with E-state index in [1.165, 1.54) is 12.8 Å². The Labute approximate surface area is 117 Å². The van der Waals surface area contributed by atoms with Crippen LogP contribution in [0.25, 0.3) is 0 Å². The van der Waals surface area contributed by atoms with Crippen LogP contribution in [0.1, 0.15) is 40.0 Å². The number of nitrogens with one attached hydrogen (secondary N) is 2. The normalized spacial score (nSPS) is 16.9. The zero-order valence-corrected chi connectivity index (χ0v) is 12.7. The van der Waals surface area contributed by atoms with Crippen LogP contribution in [0.15, 0.2) is 0 Å². The highest BCUT2D eigenvalue weighted by molar-refractivity contribution is 5.85. The van der Waals surface area contributed by atoms with Gasteiger partial charge in [0, 0.05) is 13.2 Å². The van der Waals surface area contributed by atoms with Crippen LogP contribution in [-0.4, -0.2) is 37.7 Å². The Hall–Kier alpha value is -0.320. The molecule has 1 fully saturated rings. The molecule has 0 spiro atoms. The van der Waals surface area contributed by atoms with Crippen molar-refractivity contribution in [2.75, 3.05) is 20.2 Å². The van der Waals surface area contributed by atoms with Crippen LogP contribution in [-0.2, 0) is 9.53 Å². The molecule has 2 N–H and O–H groups in total. The molecule has 108 valence electrons. The number of rotatable bonds is 8. The molecule has 18 heavy (non-hydrogen) atoms. The van der Waals surface area contributed by atoms with Gasteiger partial charge in [0.1, 0.15) is 0 Å². The molecule has 0 aliphatic heterocycles. The molecular weight excluding hydrogens is 252 g/mol. The monoisotopic (exact) mass is 278 g/mol. The molecule has 0 radical (unpaired) electrons. The third-order valence-corrected chi connectivity index (χ3v) is 3.17. The lowest BCUT2D eigenvalue weighted by Gasteiger charge is -2.27. The third-order valence-electron chi connectivity index (χ3n) is 3.17. The van der Waals surface area contributed by atoms with Gasteiger partial charge in [0.25, 0.3) is 0 Å². The standard InChI is InChI=1S/C13H26N2O2.ClH/c1-10(7-13(2,3)17-4)15-12(16)9-14-8-11-5-6-11;/h10-11,14H,5-9H2,1-4H3,(H,15,16);1H. The van der Waals surface area contributed by atoms with Gasteiger partial charge in [-0.2, -0.15) is 0 Å². The fourth-order valence-corrected chi connectivity index (χ4v) is 1.91. The molecule has 0 saturated heterocycles. The van der Waals surface area contributed by atoms with E-state index in [2.05, 4.69) is 10.6 Å². The number of amides is 1. The average molecular weight is 279 g/mol.